The first-order chi connectivity index (χ1) is 37.2. The second kappa shape index (κ2) is 27.7. The summed E-state index contributed by atoms with van der Waals surface area (Å²) in [5.41, 5.74) is 0. The van der Waals surface area contributed by atoms with Crippen LogP contribution in [0.25, 0.3) is 0 Å². The number of aliphatic carboxylic acids is 1. The highest BCUT2D eigenvalue weighted by atomic mass is 16.8. The van der Waals surface area contributed by atoms with Crippen LogP contribution in [0.15, 0.2) is 0 Å². The number of amides is 2. The fourth-order valence-electron chi connectivity index (χ4n) is 10.0. The second-order valence-electron chi connectivity index (χ2n) is 19.7. The maximum atomic E-state index is 13.0. The van der Waals surface area contributed by atoms with E-state index in [0.29, 0.717) is 0 Å². The van der Waals surface area contributed by atoms with Crippen molar-refractivity contribution in [1.29, 1.82) is 0 Å². The molecular formula is C43H72N2O34. The van der Waals surface area contributed by atoms with Crippen LogP contribution in [-0.4, -0.2) is 349 Å². The van der Waals surface area contributed by atoms with E-state index in [0.717, 1.165) is 13.8 Å². The molecule has 0 bridgehead atoms. The average Bonchev–Trinajstić information content (AvgIpc) is 3.47. The van der Waals surface area contributed by atoms with Crippen molar-refractivity contribution in [3.05, 3.63) is 0 Å². The Balaban J connectivity index is 1.27. The molecule has 0 saturated carbocycles. The van der Waals surface area contributed by atoms with Crippen LogP contribution in [0, 0.1) is 0 Å². The van der Waals surface area contributed by atoms with Gasteiger partial charge in [-0.15, -0.1) is 0 Å². The van der Waals surface area contributed by atoms with Gasteiger partial charge < -0.3 is 165 Å². The van der Waals surface area contributed by atoms with Gasteiger partial charge in [-0.05, 0) is 0 Å². The molecule has 22 N–H and O–H groups in total. The van der Waals surface area contributed by atoms with E-state index in [1.807, 2.05) is 0 Å². The Bertz CT molecular complexity index is 1970. The van der Waals surface area contributed by atoms with Crippen molar-refractivity contribution in [2.45, 2.75) is 210 Å². The van der Waals surface area contributed by atoms with Gasteiger partial charge in [-0.2, -0.15) is 0 Å². The summed E-state index contributed by atoms with van der Waals surface area (Å²) in [6.45, 7) is -4.54. The molecule has 31 atom stereocenters. The van der Waals surface area contributed by atoms with Crippen molar-refractivity contribution in [1.82, 2.24) is 10.6 Å². The quantitative estimate of drug-likeness (QED) is 0.0507. The molecule has 0 aliphatic carbocycles. The third-order valence-electron chi connectivity index (χ3n) is 14.2. The molecule has 0 radical (unpaired) electrons. The molecule has 36 nitrogen and oxygen atoms in total. The smallest absolute Gasteiger partial charge is 0.364 e. The minimum Gasteiger partial charge on any atom is -0.477 e. The number of carboxylic acid groups (broad SMARTS) is 1. The minimum absolute atomic E-state index is 0.837. The zero-order valence-corrected chi connectivity index (χ0v) is 41.9. The van der Waals surface area contributed by atoms with E-state index in [1.54, 1.807) is 0 Å². The van der Waals surface area contributed by atoms with E-state index in [-0.39, 0.29) is 0 Å². The standard InChI is InChI=1S/C43H72N2O34/c1-10(52)44-19-12(54)3-43(42(67)68,78-33(19)21(56)13(55)4-46)79-36-25(60)17(8-50)73-41(30(36)65)77-35-24(59)16(7-49)72-40(29(35)64)75-32-20(45-11(2)53)38(70-14(5-47)22(32)57)76-34-23(58)15(6-48)71-39(28(34)63)74-31-18(9-51)69-37(66)27(62)26(31)61/h12-41,46-51,54-66H,3-9H2,1-2H3,(H,44,52)(H,45,53)(H,67,68)/t12-,13+,14+,15+,16+,17+,18+,19+,20+,21+,22+,23-,24-,25-,26+,27+,28+,29+,30+,31+,32+,33+,34-,35-,36-,37+,38-,39-,40-,41-,43-/m0/s1. The van der Waals surface area contributed by atoms with Crippen molar-refractivity contribution in [2.75, 3.05) is 39.6 Å². The summed E-state index contributed by atoms with van der Waals surface area (Å²) in [6.07, 6.45) is -59.1. The lowest BCUT2D eigenvalue weighted by Crippen LogP contribution is -2.71. The molecule has 0 aromatic carbocycles. The Kier molecular flexibility index (Phi) is 22.9. The highest BCUT2D eigenvalue weighted by Gasteiger charge is 2.61. The Morgan fingerprint density at radius 1 is 0.494 bits per heavy atom. The molecule has 0 aromatic rings. The predicted molar refractivity (Wildman–Crippen MR) is 240 cm³/mol. The van der Waals surface area contributed by atoms with Crippen LogP contribution in [0.3, 0.4) is 0 Å². The SMILES string of the molecule is CC(=O)N[C@H]1[C@H](O[C@H]2[C@@H](O)[C@@H](CO)O[C@@H](O[C@H]3[C@H](O)[C@@H](O)[C@H](O)O[C@@H]3CO)[C@@H]2O)O[C@H](CO)[C@@H](O)[C@@H]1O[C@@H]1O[C@H](CO)[C@H](O)[C@H](O[C@@H]2O[C@H](CO)[C@H](O)[C@H](O[C@]3(C(=O)O)C[C@H](O)[C@@H](NC(C)=O)[C@H]([C@H](O)[C@H](O)CO)O3)[C@H]2O)[C@H]1O. The molecule has 36 heteroatoms. The molecule has 0 aromatic heterocycles. The van der Waals surface area contributed by atoms with Crippen molar-refractivity contribution in [2.24, 2.45) is 0 Å². The predicted octanol–water partition coefficient (Wildman–Crippen LogP) is -14.6. The summed E-state index contributed by atoms with van der Waals surface area (Å²) in [5, 5.41) is 219. The Hall–Kier alpha value is -2.79. The number of hydrogen-bond acceptors (Lipinski definition) is 33. The average molecular weight is 1160 g/mol. The molecule has 6 saturated heterocycles. The lowest BCUT2D eigenvalue weighted by molar-refractivity contribution is -0.394. The molecule has 458 valence electrons. The zero-order chi connectivity index (χ0) is 58.7. The number of ether oxygens (including phenoxy) is 11. The fourth-order valence-corrected chi connectivity index (χ4v) is 10.0. The van der Waals surface area contributed by atoms with Gasteiger partial charge in [-0.25, -0.2) is 4.79 Å². The third-order valence-corrected chi connectivity index (χ3v) is 14.2. The molecule has 79 heavy (non-hydrogen) atoms. The molecule has 0 spiro atoms. The first-order valence-corrected chi connectivity index (χ1v) is 24.8. The number of aliphatic hydroxyl groups is 19. The van der Waals surface area contributed by atoms with Gasteiger partial charge >= 0.3 is 5.97 Å². The zero-order valence-electron chi connectivity index (χ0n) is 41.9. The van der Waals surface area contributed by atoms with E-state index < -0.39 is 254 Å². The Morgan fingerprint density at radius 3 is 1.33 bits per heavy atom. The van der Waals surface area contributed by atoms with Crippen LogP contribution < -0.4 is 10.6 Å². The van der Waals surface area contributed by atoms with Crippen LogP contribution >= 0.6 is 0 Å². The van der Waals surface area contributed by atoms with Crippen LogP contribution in [0.5, 0.6) is 0 Å². The van der Waals surface area contributed by atoms with Gasteiger partial charge in [0.2, 0.25) is 11.8 Å². The normalized spacial score (nSPS) is 47.7. The van der Waals surface area contributed by atoms with Gasteiger partial charge in [0, 0.05) is 20.3 Å². The van der Waals surface area contributed by atoms with E-state index in [4.69, 9.17) is 52.1 Å². The first kappa shape index (κ1) is 65.4. The van der Waals surface area contributed by atoms with Crippen LogP contribution in [0.1, 0.15) is 20.3 Å². The monoisotopic (exact) mass is 1160 g/mol. The molecule has 6 aliphatic rings. The second-order valence-corrected chi connectivity index (χ2v) is 19.7. The topological polar surface area (TPSA) is 581 Å². The number of nitrogens with one attached hydrogen (secondary N) is 2. The highest BCUT2D eigenvalue weighted by molar-refractivity contribution is 5.76. The van der Waals surface area contributed by atoms with Gasteiger partial charge in [0.25, 0.3) is 5.79 Å². The first-order valence-electron chi connectivity index (χ1n) is 24.8. The number of rotatable bonds is 21. The van der Waals surface area contributed by atoms with Gasteiger partial charge in [-0.3, -0.25) is 9.59 Å². The molecule has 6 fully saturated rings. The van der Waals surface area contributed by atoms with Gasteiger partial charge in [-0.1, -0.05) is 0 Å². The van der Waals surface area contributed by atoms with Crippen molar-refractivity contribution < 1.29 is 169 Å². The summed E-state index contributed by atoms with van der Waals surface area (Å²) >= 11 is 0. The number of carboxylic acids is 1. The summed E-state index contributed by atoms with van der Waals surface area (Å²) in [4.78, 5) is 37.9. The number of hydrogen-bond donors (Lipinski definition) is 22. The van der Waals surface area contributed by atoms with Crippen molar-refractivity contribution in [3.63, 3.8) is 0 Å². The van der Waals surface area contributed by atoms with Crippen LogP contribution in [0.4, 0.5) is 0 Å². The molecule has 2 amide bonds. The molecule has 6 rings (SSSR count). The largest absolute Gasteiger partial charge is 0.477 e. The molecular weight excluding hydrogens is 1090 g/mol. The van der Waals surface area contributed by atoms with E-state index in [9.17, 15) is 117 Å². The van der Waals surface area contributed by atoms with E-state index in [2.05, 4.69) is 10.6 Å². The molecule has 0 unspecified atom stereocenters. The van der Waals surface area contributed by atoms with Crippen molar-refractivity contribution >= 4 is 17.8 Å². The van der Waals surface area contributed by atoms with Crippen LogP contribution in [0.2, 0.25) is 0 Å². The maximum Gasteiger partial charge on any atom is 0.364 e. The van der Waals surface area contributed by atoms with E-state index >= 15 is 0 Å². The number of carbonyl (C=O) groups excluding carboxylic acids is 2. The Morgan fingerprint density at radius 2 is 0.886 bits per heavy atom. The van der Waals surface area contributed by atoms with Gasteiger partial charge in [0.1, 0.15) is 140 Å². The fraction of sp³-hybridized carbons (Fsp3) is 0.930. The van der Waals surface area contributed by atoms with E-state index in [1.165, 1.54) is 0 Å². The minimum atomic E-state index is -3.23. The lowest BCUT2D eigenvalue weighted by atomic mass is 9.88. The maximum absolute atomic E-state index is 13.0. The molecule has 6 heterocycles. The lowest BCUT2D eigenvalue weighted by Gasteiger charge is -2.51. The highest BCUT2D eigenvalue weighted by Crippen LogP contribution is 2.40. The summed E-state index contributed by atoms with van der Waals surface area (Å²) < 4.78 is 62.2. The van der Waals surface area contributed by atoms with Gasteiger partial charge in [0.05, 0.1) is 51.8 Å². The third kappa shape index (κ3) is 13.9. The van der Waals surface area contributed by atoms with Crippen LogP contribution in [-0.2, 0) is 66.5 Å². The van der Waals surface area contributed by atoms with Gasteiger partial charge in [0.15, 0.2) is 31.5 Å². The summed E-state index contributed by atoms with van der Waals surface area (Å²) in [5.74, 6) is -7.09. The number of carbonyl (C=O) groups is 3. The van der Waals surface area contributed by atoms with Crippen molar-refractivity contribution in [3.8, 4) is 0 Å². The Labute approximate surface area is 446 Å². The summed E-state index contributed by atoms with van der Waals surface area (Å²) in [7, 11) is 0. The molecule has 6 aliphatic heterocycles. The number of aliphatic hydroxyl groups excluding tert-OH is 19. The summed E-state index contributed by atoms with van der Waals surface area (Å²) in [6, 6.07) is -3.55.